The number of nitrogens with zero attached hydrogens (tertiary/aromatic N) is 7. The number of benzene rings is 2. The summed E-state index contributed by atoms with van der Waals surface area (Å²) in [5, 5.41) is 10.4. The molecule has 2 aromatic heterocycles. The van der Waals surface area contributed by atoms with E-state index < -0.39 is 47.4 Å². The van der Waals surface area contributed by atoms with Gasteiger partial charge in [-0.3, -0.25) is 43.8 Å². The molecular formula is C39H40F3N9O6. The number of piperazine rings is 1. The van der Waals surface area contributed by atoms with E-state index >= 15 is 0 Å². The van der Waals surface area contributed by atoms with Crippen LogP contribution in [0.25, 0.3) is 10.9 Å². The van der Waals surface area contributed by atoms with Crippen LogP contribution in [0.5, 0.6) is 5.75 Å². The molecule has 0 spiro atoms. The average Bonchev–Trinajstić information content (AvgIpc) is 3.73. The monoisotopic (exact) mass is 787 g/mol. The standard InChI is InChI=1S/C39H40F3N9O6/c1-57-32-21-29-23(19-30(32)44-35(53)28-3-2-4-33(43-28)39(40,41)42)22-50(46-29)24-9-11-47(12-10-24)13-14-48-15-17-49(18-16-48)25-5-6-26-27(20-25)38(56)51(37(26)55)31-7-8-34(52)45-36(31)54/h2-6,19-22,24,31H,7-18H2,1H3,(H,44,53)(H,45,52,54). The zero-order valence-corrected chi connectivity index (χ0v) is 31.1. The van der Waals surface area contributed by atoms with E-state index in [1.807, 2.05) is 16.9 Å². The molecule has 5 amide bonds. The van der Waals surface area contributed by atoms with Crippen molar-refractivity contribution in [2.24, 2.45) is 0 Å². The summed E-state index contributed by atoms with van der Waals surface area (Å²) < 4.78 is 46.9. The first-order chi connectivity index (χ1) is 27.4. The van der Waals surface area contributed by atoms with Crippen molar-refractivity contribution >= 4 is 51.8 Å². The molecule has 15 nitrogen and oxygen atoms in total. The second kappa shape index (κ2) is 15.2. The highest BCUT2D eigenvalue weighted by molar-refractivity contribution is 6.23. The van der Waals surface area contributed by atoms with Crippen LogP contribution < -0.4 is 20.3 Å². The van der Waals surface area contributed by atoms with Crippen LogP contribution in [0.3, 0.4) is 0 Å². The number of carbonyl (C=O) groups is 5. The van der Waals surface area contributed by atoms with Crippen molar-refractivity contribution in [3.05, 3.63) is 77.2 Å². The molecule has 0 saturated carbocycles. The lowest BCUT2D eigenvalue weighted by atomic mass is 10.0. The molecule has 57 heavy (non-hydrogen) atoms. The summed E-state index contributed by atoms with van der Waals surface area (Å²) in [5.41, 5.74) is 0.830. The van der Waals surface area contributed by atoms with Crippen LogP contribution in [0.4, 0.5) is 24.5 Å². The lowest BCUT2D eigenvalue weighted by Crippen LogP contribution is -2.54. The van der Waals surface area contributed by atoms with E-state index in [1.165, 1.54) is 13.2 Å². The highest BCUT2D eigenvalue weighted by Gasteiger charge is 2.45. The number of anilines is 2. The summed E-state index contributed by atoms with van der Waals surface area (Å²) in [6, 6.07) is 11.0. The van der Waals surface area contributed by atoms with Gasteiger partial charge in [-0.15, -0.1) is 0 Å². The molecule has 3 fully saturated rings. The summed E-state index contributed by atoms with van der Waals surface area (Å²) in [7, 11) is 1.44. The maximum Gasteiger partial charge on any atom is 0.433 e. The van der Waals surface area contributed by atoms with E-state index in [1.54, 1.807) is 24.3 Å². The molecule has 3 saturated heterocycles. The molecule has 2 N–H and O–H groups in total. The summed E-state index contributed by atoms with van der Waals surface area (Å²) in [5.74, 6) is -2.54. The first kappa shape index (κ1) is 38.0. The number of hydrogen-bond donors (Lipinski definition) is 2. The molecule has 1 unspecified atom stereocenters. The Labute approximate surface area is 324 Å². The Morgan fingerprint density at radius 1 is 0.895 bits per heavy atom. The SMILES string of the molecule is COc1cc2nn(C3CCN(CCN4CCN(c5ccc6c(c5)C(=O)N(C5CCC(=O)NC5=O)C6=O)CC4)CC3)cc2cc1NC(=O)c1cccc(C(F)(F)F)n1. The van der Waals surface area contributed by atoms with Crippen molar-refractivity contribution in [3.63, 3.8) is 0 Å². The summed E-state index contributed by atoms with van der Waals surface area (Å²) >= 11 is 0. The predicted molar refractivity (Wildman–Crippen MR) is 200 cm³/mol. The Bertz CT molecular complexity index is 2260. The predicted octanol–water partition coefficient (Wildman–Crippen LogP) is 3.57. The number of pyridine rings is 1. The van der Waals surface area contributed by atoms with Crippen LogP contribution in [0.2, 0.25) is 0 Å². The van der Waals surface area contributed by atoms with Gasteiger partial charge in [-0.05, 0) is 55.7 Å². The summed E-state index contributed by atoms with van der Waals surface area (Å²) in [6.45, 7) is 6.81. The Kier molecular flexibility index (Phi) is 10.2. The van der Waals surface area contributed by atoms with Gasteiger partial charge in [0.25, 0.3) is 17.7 Å². The summed E-state index contributed by atoms with van der Waals surface area (Å²) in [6.07, 6.45) is -0.789. The average molecular weight is 788 g/mol. The molecule has 8 rings (SSSR count). The number of nitrogens with one attached hydrogen (secondary N) is 2. The van der Waals surface area contributed by atoms with E-state index in [9.17, 15) is 37.1 Å². The zero-order valence-electron chi connectivity index (χ0n) is 31.1. The largest absolute Gasteiger partial charge is 0.494 e. The third-order valence-corrected chi connectivity index (χ3v) is 11.2. The number of ether oxygens (including phenoxy) is 1. The normalized spacial score (nSPS) is 20.0. The van der Waals surface area contributed by atoms with E-state index in [0.717, 1.165) is 93.3 Å². The van der Waals surface area contributed by atoms with Crippen molar-refractivity contribution in [3.8, 4) is 5.75 Å². The fraction of sp³-hybridized carbons (Fsp3) is 0.410. The van der Waals surface area contributed by atoms with Crippen LogP contribution in [0.1, 0.15) is 68.6 Å². The number of hydrogen-bond acceptors (Lipinski definition) is 11. The van der Waals surface area contributed by atoms with Crippen LogP contribution in [-0.4, -0.2) is 125 Å². The highest BCUT2D eigenvalue weighted by atomic mass is 19.4. The van der Waals surface area contributed by atoms with Gasteiger partial charge in [0.15, 0.2) is 0 Å². The minimum atomic E-state index is -4.68. The van der Waals surface area contributed by atoms with Gasteiger partial charge >= 0.3 is 6.18 Å². The van der Waals surface area contributed by atoms with Crippen LogP contribution in [0, 0.1) is 0 Å². The number of alkyl halides is 3. The number of fused-ring (bicyclic) bond motifs is 2. The number of piperidine rings is 2. The second-order valence-corrected chi connectivity index (χ2v) is 14.7. The number of rotatable bonds is 9. The first-order valence-electron chi connectivity index (χ1n) is 18.8. The van der Waals surface area contributed by atoms with Crippen LogP contribution in [0.15, 0.2) is 54.7 Å². The first-order valence-corrected chi connectivity index (χ1v) is 18.8. The van der Waals surface area contributed by atoms with Crippen LogP contribution in [-0.2, 0) is 15.8 Å². The van der Waals surface area contributed by atoms with Gasteiger partial charge in [-0.25, -0.2) is 4.98 Å². The topological polar surface area (TPSA) is 162 Å². The molecule has 0 aliphatic carbocycles. The minimum Gasteiger partial charge on any atom is -0.494 e. The van der Waals surface area contributed by atoms with Gasteiger partial charge in [0.05, 0.1) is 35.5 Å². The molecule has 4 aliphatic rings. The summed E-state index contributed by atoms with van der Waals surface area (Å²) in [4.78, 5) is 74.8. The third kappa shape index (κ3) is 7.66. The number of carbonyl (C=O) groups excluding carboxylic acids is 5. The van der Waals surface area contributed by atoms with Crippen molar-refractivity contribution in [1.82, 2.24) is 34.8 Å². The van der Waals surface area contributed by atoms with Crippen molar-refractivity contribution < 1.29 is 41.9 Å². The van der Waals surface area contributed by atoms with E-state index in [-0.39, 0.29) is 35.7 Å². The quantitative estimate of drug-likeness (QED) is 0.239. The number of amides is 5. The highest BCUT2D eigenvalue weighted by Crippen LogP contribution is 2.34. The van der Waals surface area contributed by atoms with Crippen molar-refractivity contribution in [2.45, 2.75) is 43.9 Å². The van der Waals surface area contributed by atoms with Crippen molar-refractivity contribution in [2.75, 3.05) is 69.7 Å². The number of halogens is 3. The Morgan fingerprint density at radius 3 is 2.32 bits per heavy atom. The van der Waals surface area contributed by atoms with E-state index in [0.29, 0.717) is 17.0 Å². The van der Waals surface area contributed by atoms with Crippen molar-refractivity contribution in [1.29, 1.82) is 0 Å². The van der Waals surface area contributed by atoms with Gasteiger partial charge < -0.3 is 19.9 Å². The fourth-order valence-electron chi connectivity index (χ4n) is 8.01. The number of likely N-dealkylation sites (tertiary alicyclic amines) is 1. The Balaban J connectivity index is 0.817. The van der Waals surface area contributed by atoms with Crippen LogP contribution >= 0.6 is 0 Å². The molecule has 0 radical (unpaired) electrons. The molecule has 298 valence electrons. The molecule has 18 heteroatoms. The molecule has 4 aliphatic heterocycles. The third-order valence-electron chi connectivity index (χ3n) is 11.2. The van der Waals surface area contributed by atoms with Gasteiger partial charge in [0, 0.05) is 82.1 Å². The van der Waals surface area contributed by atoms with Gasteiger partial charge in [0.2, 0.25) is 11.8 Å². The molecule has 1 atom stereocenters. The lowest BCUT2D eigenvalue weighted by Gasteiger charge is -2.38. The van der Waals surface area contributed by atoms with Gasteiger partial charge in [-0.2, -0.15) is 18.3 Å². The van der Waals surface area contributed by atoms with Gasteiger partial charge in [-0.1, -0.05) is 6.07 Å². The van der Waals surface area contributed by atoms with Gasteiger partial charge in [0.1, 0.15) is 23.2 Å². The van der Waals surface area contributed by atoms with E-state index in [4.69, 9.17) is 9.84 Å². The lowest BCUT2D eigenvalue weighted by molar-refractivity contribution is -0.141. The maximum atomic E-state index is 13.3. The molecule has 6 heterocycles. The van der Waals surface area contributed by atoms with E-state index in [2.05, 4.69) is 30.3 Å². The molecule has 2 aromatic carbocycles. The minimum absolute atomic E-state index is 0.0726. The smallest absolute Gasteiger partial charge is 0.433 e. The Morgan fingerprint density at radius 2 is 1.61 bits per heavy atom. The zero-order chi connectivity index (χ0) is 40.0. The Hall–Kier alpha value is -5.88. The molecule has 4 aromatic rings. The maximum absolute atomic E-state index is 13.3. The fourth-order valence-corrected chi connectivity index (χ4v) is 8.01. The molecular weight excluding hydrogens is 747 g/mol. The second-order valence-electron chi connectivity index (χ2n) is 14.7. The number of methoxy groups -OCH3 is 1. The number of aromatic nitrogens is 3. The molecule has 0 bridgehead atoms. The number of imide groups is 2.